The number of ether oxygens (including phenoxy) is 1. The molecule has 1 N–H and O–H groups in total. The number of H-pyrrole nitrogens is 1. The van der Waals surface area contributed by atoms with Gasteiger partial charge in [-0.25, -0.2) is 15.0 Å². The summed E-state index contributed by atoms with van der Waals surface area (Å²) in [5.74, 6) is 0.484. The molecule has 1 aliphatic heterocycles. The molecular formula is C11H10N4O2. The van der Waals surface area contributed by atoms with Crippen LogP contribution in [0, 0.1) is 0 Å². The fourth-order valence-corrected chi connectivity index (χ4v) is 1.80. The molecule has 0 saturated heterocycles. The van der Waals surface area contributed by atoms with Crippen molar-refractivity contribution in [2.75, 3.05) is 6.61 Å². The van der Waals surface area contributed by atoms with Gasteiger partial charge in [-0.05, 0) is 6.07 Å². The second-order valence-corrected chi connectivity index (χ2v) is 3.74. The number of fused-ring (bicyclic) bond motifs is 1. The molecule has 0 aromatic carbocycles. The highest BCUT2D eigenvalue weighted by Gasteiger charge is 2.16. The maximum Gasteiger partial charge on any atom is 0.256 e. The van der Waals surface area contributed by atoms with Crippen molar-refractivity contribution in [1.29, 1.82) is 0 Å². The van der Waals surface area contributed by atoms with Gasteiger partial charge < -0.3 is 9.72 Å². The number of nitrogens with one attached hydrogen (secondary N) is 1. The molecule has 2 aromatic heterocycles. The van der Waals surface area contributed by atoms with E-state index in [-0.39, 0.29) is 5.56 Å². The summed E-state index contributed by atoms with van der Waals surface area (Å²) in [6.07, 6.45) is 3.71. The van der Waals surface area contributed by atoms with Gasteiger partial charge in [0.1, 0.15) is 12.0 Å². The van der Waals surface area contributed by atoms with Gasteiger partial charge in [-0.1, -0.05) is 0 Å². The summed E-state index contributed by atoms with van der Waals surface area (Å²) in [5, 5.41) is 0. The second kappa shape index (κ2) is 4.06. The van der Waals surface area contributed by atoms with Crippen LogP contribution in [0.15, 0.2) is 23.4 Å². The average molecular weight is 230 g/mol. The Morgan fingerprint density at radius 3 is 3.18 bits per heavy atom. The Bertz CT molecular complexity index is 594. The van der Waals surface area contributed by atoms with Crippen molar-refractivity contribution in [3.63, 3.8) is 0 Å². The van der Waals surface area contributed by atoms with Gasteiger partial charge in [-0.3, -0.25) is 4.79 Å². The van der Waals surface area contributed by atoms with Crippen molar-refractivity contribution in [1.82, 2.24) is 19.9 Å². The lowest BCUT2D eigenvalue weighted by molar-refractivity contribution is 0.108. The molecule has 17 heavy (non-hydrogen) atoms. The van der Waals surface area contributed by atoms with Crippen molar-refractivity contribution >= 4 is 0 Å². The first-order valence-corrected chi connectivity index (χ1v) is 5.31. The fraction of sp³-hybridized carbons (Fsp3) is 0.273. The van der Waals surface area contributed by atoms with E-state index >= 15 is 0 Å². The molecule has 0 fully saturated rings. The number of aromatic nitrogens is 4. The Morgan fingerprint density at radius 1 is 1.41 bits per heavy atom. The molecule has 0 atom stereocenters. The highest BCUT2D eigenvalue weighted by atomic mass is 16.5. The van der Waals surface area contributed by atoms with E-state index in [1.807, 2.05) is 0 Å². The third-order valence-electron chi connectivity index (χ3n) is 2.66. The first-order valence-electron chi connectivity index (χ1n) is 5.31. The molecule has 0 unspecified atom stereocenters. The molecule has 0 radical (unpaired) electrons. The molecule has 3 rings (SSSR count). The average Bonchev–Trinajstić information content (AvgIpc) is 2.40. The molecule has 6 heteroatoms. The van der Waals surface area contributed by atoms with Crippen LogP contribution in [0.1, 0.15) is 11.3 Å². The lowest BCUT2D eigenvalue weighted by Gasteiger charge is -2.14. The Morgan fingerprint density at radius 2 is 2.35 bits per heavy atom. The van der Waals surface area contributed by atoms with E-state index in [0.29, 0.717) is 36.7 Å². The molecule has 6 nitrogen and oxygen atoms in total. The third-order valence-corrected chi connectivity index (χ3v) is 2.66. The van der Waals surface area contributed by atoms with Gasteiger partial charge in [0.25, 0.3) is 5.56 Å². The fourth-order valence-electron chi connectivity index (χ4n) is 1.80. The predicted octanol–water partition coefficient (Wildman–Crippen LogP) is 0.300. The van der Waals surface area contributed by atoms with Gasteiger partial charge in [-0.15, -0.1) is 0 Å². The monoisotopic (exact) mass is 230 g/mol. The summed E-state index contributed by atoms with van der Waals surface area (Å²) >= 11 is 0. The van der Waals surface area contributed by atoms with Crippen LogP contribution in [0.2, 0.25) is 0 Å². The van der Waals surface area contributed by atoms with E-state index in [1.165, 1.54) is 6.33 Å². The van der Waals surface area contributed by atoms with Crippen LogP contribution in [0.25, 0.3) is 11.5 Å². The van der Waals surface area contributed by atoms with Gasteiger partial charge in [0, 0.05) is 12.6 Å². The van der Waals surface area contributed by atoms with E-state index in [0.717, 1.165) is 5.69 Å². The van der Waals surface area contributed by atoms with E-state index in [4.69, 9.17) is 4.74 Å². The van der Waals surface area contributed by atoms with Gasteiger partial charge in [0.15, 0.2) is 5.82 Å². The van der Waals surface area contributed by atoms with Gasteiger partial charge in [0.2, 0.25) is 0 Å². The number of rotatable bonds is 1. The molecule has 0 bridgehead atoms. The summed E-state index contributed by atoms with van der Waals surface area (Å²) in [6, 6.07) is 1.71. The zero-order valence-electron chi connectivity index (χ0n) is 9.01. The normalized spacial score (nSPS) is 14.4. The van der Waals surface area contributed by atoms with Crippen molar-refractivity contribution in [2.45, 2.75) is 13.0 Å². The topological polar surface area (TPSA) is 80.8 Å². The van der Waals surface area contributed by atoms with Crippen molar-refractivity contribution < 1.29 is 4.74 Å². The van der Waals surface area contributed by atoms with E-state index in [1.54, 1.807) is 12.3 Å². The Kier molecular flexibility index (Phi) is 2.41. The van der Waals surface area contributed by atoms with Crippen LogP contribution in [-0.2, 0) is 17.8 Å². The van der Waals surface area contributed by atoms with Crippen LogP contribution in [0.4, 0.5) is 0 Å². The highest BCUT2D eigenvalue weighted by Crippen LogP contribution is 2.14. The smallest absolute Gasteiger partial charge is 0.256 e. The SMILES string of the molecule is O=c1[nH]c(-c2ccncn2)nc2c1COCC2. The van der Waals surface area contributed by atoms with E-state index in [2.05, 4.69) is 19.9 Å². The second-order valence-electron chi connectivity index (χ2n) is 3.74. The maximum atomic E-state index is 11.8. The summed E-state index contributed by atoms with van der Waals surface area (Å²) in [5.41, 5.74) is 1.89. The summed E-state index contributed by atoms with van der Waals surface area (Å²) in [6.45, 7) is 0.939. The first kappa shape index (κ1) is 10.1. The first-order chi connectivity index (χ1) is 8.34. The molecule has 0 aliphatic carbocycles. The van der Waals surface area contributed by atoms with Crippen molar-refractivity contribution in [3.8, 4) is 11.5 Å². The predicted molar refractivity (Wildman–Crippen MR) is 59.2 cm³/mol. The quantitative estimate of drug-likeness (QED) is 0.762. The summed E-state index contributed by atoms with van der Waals surface area (Å²) in [7, 11) is 0. The van der Waals surface area contributed by atoms with Crippen LogP contribution in [-0.4, -0.2) is 26.5 Å². The molecule has 0 amide bonds. The standard InChI is InChI=1S/C11H10N4O2/c16-11-7-5-17-4-2-8(7)14-10(15-11)9-1-3-12-6-13-9/h1,3,6H,2,4-5H2,(H,14,15,16). The number of hydrogen-bond acceptors (Lipinski definition) is 5. The van der Waals surface area contributed by atoms with E-state index < -0.39 is 0 Å². The minimum absolute atomic E-state index is 0.150. The van der Waals surface area contributed by atoms with Gasteiger partial charge in [-0.2, -0.15) is 0 Å². The van der Waals surface area contributed by atoms with Crippen molar-refractivity contribution in [2.24, 2.45) is 0 Å². The molecule has 0 saturated carbocycles. The van der Waals surface area contributed by atoms with Crippen LogP contribution in [0.5, 0.6) is 0 Å². The zero-order chi connectivity index (χ0) is 11.7. The largest absolute Gasteiger partial charge is 0.376 e. The molecule has 1 aliphatic rings. The molecule has 2 aromatic rings. The minimum Gasteiger partial charge on any atom is -0.376 e. The molecule has 86 valence electrons. The Balaban J connectivity index is 2.14. The Labute approximate surface area is 96.7 Å². The summed E-state index contributed by atoms with van der Waals surface area (Å²) in [4.78, 5) is 26.9. The van der Waals surface area contributed by atoms with E-state index in [9.17, 15) is 4.79 Å². The van der Waals surface area contributed by atoms with Crippen LogP contribution >= 0.6 is 0 Å². The molecule has 3 heterocycles. The molecule has 0 spiro atoms. The summed E-state index contributed by atoms with van der Waals surface area (Å²) < 4.78 is 5.24. The maximum absolute atomic E-state index is 11.8. The number of aromatic amines is 1. The van der Waals surface area contributed by atoms with Gasteiger partial charge in [0.05, 0.1) is 24.5 Å². The minimum atomic E-state index is -0.150. The van der Waals surface area contributed by atoms with Crippen LogP contribution in [0.3, 0.4) is 0 Å². The zero-order valence-corrected chi connectivity index (χ0v) is 9.01. The third kappa shape index (κ3) is 1.83. The van der Waals surface area contributed by atoms with Crippen LogP contribution < -0.4 is 5.56 Å². The Hall–Kier alpha value is -2.08. The number of hydrogen-bond donors (Lipinski definition) is 1. The van der Waals surface area contributed by atoms with Crippen molar-refractivity contribution in [3.05, 3.63) is 40.2 Å². The van der Waals surface area contributed by atoms with Gasteiger partial charge >= 0.3 is 0 Å². The lowest BCUT2D eigenvalue weighted by atomic mass is 10.1. The molecular weight excluding hydrogens is 220 g/mol. The lowest BCUT2D eigenvalue weighted by Crippen LogP contribution is -2.24. The highest BCUT2D eigenvalue weighted by molar-refractivity contribution is 5.48. The number of nitrogens with zero attached hydrogens (tertiary/aromatic N) is 3.